The Morgan fingerprint density at radius 3 is 2.59 bits per heavy atom. The minimum Gasteiger partial charge on any atom is -0.380 e. The number of halogens is 1. The number of ether oxygens (including phenoxy) is 1. The van der Waals surface area contributed by atoms with Gasteiger partial charge < -0.3 is 9.64 Å². The Morgan fingerprint density at radius 2 is 2.00 bits per heavy atom. The van der Waals surface area contributed by atoms with Gasteiger partial charge >= 0.3 is 0 Å². The van der Waals surface area contributed by atoms with E-state index in [2.05, 4.69) is 27.9 Å². The molecule has 0 radical (unpaired) electrons. The second-order valence-electron chi connectivity index (χ2n) is 6.10. The molecular formula is C14H26BrNO. The first kappa shape index (κ1) is 13.8. The van der Waals surface area contributed by atoms with Gasteiger partial charge in [0.15, 0.2) is 0 Å². The maximum atomic E-state index is 5.71. The molecule has 3 heteroatoms. The van der Waals surface area contributed by atoms with E-state index in [1.165, 1.54) is 45.1 Å². The topological polar surface area (TPSA) is 12.5 Å². The van der Waals surface area contributed by atoms with Gasteiger partial charge in [-0.25, -0.2) is 0 Å². The van der Waals surface area contributed by atoms with Crippen LogP contribution in [0.5, 0.6) is 0 Å². The average molecular weight is 304 g/mol. The highest BCUT2D eigenvalue weighted by molar-refractivity contribution is 9.09. The standard InChI is InChI=1S/C14H26BrNO/c1-16(8-9-17-10-13-4-5-13)12-14(11-15)6-2-3-7-14/h13H,2-12H2,1H3. The Kier molecular flexibility index (Phi) is 5.31. The minimum absolute atomic E-state index is 0.547. The van der Waals surface area contributed by atoms with Gasteiger partial charge in [-0.3, -0.25) is 0 Å². The van der Waals surface area contributed by atoms with Crippen molar-refractivity contribution >= 4 is 15.9 Å². The first-order valence-corrected chi connectivity index (χ1v) is 8.18. The van der Waals surface area contributed by atoms with Crippen LogP contribution < -0.4 is 0 Å². The summed E-state index contributed by atoms with van der Waals surface area (Å²) in [5, 5.41) is 1.16. The molecule has 0 atom stereocenters. The van der Waals surface area contributed by atoms with Crippen LogP contribution in [0.3, 0.4) is 0 Å². The van der Waals surface area contributed by atoms with Crippen LogP contribution in [0.2, 0.25) is 0 Å². The number of alkyl halides is 1. The van der Waals surface area contributed by atoms with Crippen molar-refractivity contribution in [1.29, 1.82) is 0 Å². The highest BCUT2D eigenvalue weighted by atomic mass is 79.9. The normalized spacial score (nSPS) is 23.5. The van der Waals surface area contributed by atoms with Crippen molar-refractivity contribution in [2.45, 2.75) is 38.5 Å². The second-order valence-corrected chi connectivity index (χ2v) is 6.66. The fourth-order valence-electron chi connectivity index (χ4n) is 2.87. The Morgan fingerprint density at radius 1 is 1.29 bits per heavy atom. The van der Waals surface area contributed by atoms with Gasteiger partial charge in [0, 0.05) is 25.0 Å². The summed E-state index contributed by atoms with van der Waals surface area (Å²) < 4.78 is 5.71. The van der Waals surface area contributed by atoms with E-state index >= 15 is 0 Å². The van der Waals surface area contributed by atoms with Gasteiger partial charge in [-0.1, -0.05) is 28.8 Å². The monoisotopic (exact) mass is 303 g/mol. The fourth-order valence-corrected chi connectivity index (χ4v) is 3.60. The zero-order valence-corrected chi connectivity index (χ0v) is 12.7. The average Bonchev–Trinajstić information content (AvgIpc) is 3.04. The van der Waals surface area contributed by atoms with E-state index in [0.29, 0.717) is 5.41 Å². The van der Waals surface area contributed by atoms with Gasteiger partial charge in [-0.2, -0.15) is 0 Å². The number of hydrogen-bond donors (Lipinski definition) is 0. The molecule has 2 fully saturated rings. The predicted octanol–water partition coefficient (Wildman–Crippen LogP) is 3.30. The van der Waals surface area contributed by atoms with Crippen LogP contribution in [0.4, 0.5) is 0 Å². The summed E-state index contributed by atoms with van der Waals surface area (Å²) in [5.74, 6) is 0.893. The number of hydrogen-bond acceptors (Lipinski definition) is 2. The summed E-state index contributed by atoms with van der Waals surface area (Å²) in [6.45, 7) is 4.22. The molecule has 2 rings (SSSR count). The smallest absolute Gasteiger partial charge is 0.0593 e. The van der Waals surface area contributed by atoms with Gasteiger partial charge in [0.2, 0.25) is 0 Å². The minimum atomic E-state index is 0.547. The van der Waals surface area contributed by atoms with Crippen molar-refractivity contribution in [2.75, 3.05) is 38.7 Å². The lowest BCUT2D eigenvalue weighted by Crippen LogP contribution is -2.36. The summed E-state index contributed by atoms with van der Waals surface area (Å²) in [6.07, 6.45) is 8.40. The molecule has 0 aromatic carbocycles. The van der Waals surface area contributed by atoms with Crippen LogP contribution in [0, 0.1) is 11.3 Å². The maximum Gasteiger partial charge on any atom is 0.0593 e. The lowest BCUT2D eigenvalue weighted by atomic mass is 9.88. The second kappa shape index (κ2) is 6.53. The van der Waals surface area contributed by atoms with E-state index < -0.39 is 0 Å². The largest absolute Gasteiger partial charge is 0.380 e. The zero-order valence-electron chi connectivity index (χ0n) is 11.1. The molecule has 2 aliphatic rings. The van der Waals surface area contributed by atoms with Crippen molar-refractivity contribution in [3.63, 3.8) is 0 Å². The Hall–Kier alpha value is 0.400. The number of likely N-dealkylation sites (N-methyl/N-ethyl adjacent to an activating group) is 1. The molecule has 0 aliphatic heterocycles. The summed E-state index contributed by atoms with van der Waals surface area (Å²) in [5.41, 5.74) is 0.547. The summed E-state index contributed by atoms with van der Waals surface area (Å²) in [6, 6.07) is 0. The van der Waals surface area contributed by atoms with Crippen molar-refractivity contribution in [3.8, 4) is 0 Å². The molecule has 2 nitrogen and oxygen atoms in total. The van der Waals surface area contributed by atoms with Crippen molar-refractivity contribution in [2.24, 2.45) is 11.3 Å². The lowest BCUT2D eigenvalue weighted by Gasteiger charge is -2.31. The van der Waals surface area contributed by atoms with Crippen molar-refractivity contribution < 1.29 is 4.74 Å². The van der Waals surface area contributed by atoms with Crippen molar-refractivity contribution in [3.05, 3.63) is 0 Å². The molecule has 0 unspecified atom stereocenters. The van der Waals surface area contributed by atoms with Gasteiger partial charge in [0.05, 0.1) is 6.61 Å². The van der Waals surface area contributed by atoms with Gasteiger partial charge in [-0.05, 0) is 44.1 Å². The van der Waals surface area contributed by atoms with E-state index in [4.69, 9.17) is 4.74 Å². The van der Waals surface area contributed by atoms with Crippen LogP contribution in [-0.4, -0.2) is 43.6 Å². The molecule has 0 spiro atoms. The fraction of sp³-hybridized carbons (Fsp3) is 1.00. The van der Waals surface area contributed by atoms with E-state index in [1.54, 1.807) is 0 Å². The third kappa shape index (κ3) is 4.53. The van der Waals surface area contributed by atoms with E-state index in [-0.39, 0.29) is 0 Å². The van der Waals surface area contributed by atoms with Gasteiger partial charge in [0.25, 0.3) is 0 Å². The molecule has 100 valence electrons. The summed E-state index contributed by atoms with van der Waals surface area (Å²) >= 11 is 3.71. The van der Waals surface area contributed by atoms with Crippen LogP contribution in [-0.2, 0) is 4.74 Å². The number of nitrogens with zero attached hydrogens (tertiary/aromatic N) is 1. The maximum absolute atomic E-state index is 5.71. The first-order valence-electron chi connectivity index (χ1n) is 7.06. The molecule has 0 amide bonds. The van der Waals surface area contributed by atoms with E-state index in [9.17, 15) is 0 Å². The third-order valence-electron chi connectivity index (χ3n) is 4.22. The molecule has 2 saturated carbocycles. The van der Waals surface area contributed by atoms with Gasteiger partial charge in [-0.15, -0.1) is 0 Å². The molecule has 0 saturated heterocycles. The van der Waals surface area contributed by atoms with Crippen LogP contribution in [0.25, 0.3) is 0 Å². The first-order chi connectivity index (χ1) is 8.24. The highest BCUT2D eigenvalue weighted by Crippen LogP contribution is 2.40. The Labute approximate surface area is 114 Å². The quantitative estimate of drug-likeness (QED) is 0.504. The molecule has 0 bridgehead atoms. The zero-order chi connectivity index (χ0) is 12.1. The van der Waals surface area contributed by atoms with Crippen LogP contribution in [0.15, 0.2) is 0 Å². The van der Waals surface area contributed by atoms with Crippen LogP contribution in [0.1, 0.15) is 38.5 Å². The Bertz CT molecular complexity index is 224. The Balaban J connectivity index is 1.59. The SMILES string of the molecule is CN(CCOCC1CC1)CC1(CBr)CCCC1. The molecule has 2 aliphatic carbocycles. The molecule has 0 aromatic rings. The molecule has 0 aromatic heterocycles. The van der Waals surface area contributed by atoms with E-state index in [1.807, 2.05) is 0 Å². The molecule has 17 heavy (non-hydrogen) atoms. The lowest BCUT2D eigenvalue weighted by molar-refractivity contribution is 0.0911. The van der Waals surface area contributed by atoms with E-state index in [0.717, 1.165) is 31.0 Å². The third-order valence-corrected chi connectivity index (χ3v) is 5.41. The number of rotatable bonds is 8. The van der Waals surface area contributed by atoms with Gasteiger partial charge in [0.1, 0.15) is 0 Å². The van der Waals surface area contributed by atoms with Crippen molar-refractivity contribution in [1.82, 2.24) is 4.90 Å². The molecule has 0 N–H and O–H groups in total. The predicted molar refractivity (Wildman–Crippen MR) is 75.7 cm³/mol. The summed E-state index contributed by atoms with van der Waals surface area (Å²) in [7, 11) is 2.24. The molecular weight excluding hydrogens is 278 g/mol. The molecule has 0 heterocycles. The van der Waals surface area contributed by atoms with Crippen LogP contribution >= 0.6 is 15.9 Å². The summed E-state index contributed by atoms with van der Waals surface area (Å²) in [4.78, 5) is 2.46. The highest BCUT2D eigenvalue weighted by Gasteiger charge is 2.33.